The van der Waals surface area contributed by atoms with Gasteiger partial charge in [-0.25, -0.2) is 4.79 Å². The van der Waals surface area contributed by atoms with Gasteiger partial charge in [0, 0.05) is 29.5 Å². The molecule has 1 aromatic heterocycles. The normalized spacial score (nSPS) is 31.3. The first-order valence-corrected chi connectivity index (χ1v) is 11.9. The Bertz CT molecular complexity index is 1040. The number of thioether (sulfide) groups is 1. The van der Waals surface area contributed by atoms with Crippen LogP contribution in [-0.2, 0) is 23.7 Å². The third-order valence-electron chi connectivity index (χ3n) is 5.79. The second kappa shape index (κ2) is 10.3. The molecule has 0 bridgehead atoms. The number of rotatable bonds is 9. The van der Waals surface area contributed by atoms with Gasteiger partial charge in [0.15, 0.2) is 0 Å². The fraction of sp³-hybridized carbons (Fsp3) is 0.750. The maximum Gasteiger partial charge on any atom is 0.330 e. The molecule has 0 aromatic carbocycles. The van der Waals surface area contributed by atoms with E-state index in [1.165, 1.54) is 10.8 Å². The highest BCUT2D eigenvalue weighted by atomic mass is 32.2. The van der Waals surface area contributed by atoms with Crippen molar-refractivity contribution in [2.75, 3.05) is 25.4 Å². The third-order valence-corrected chi connectivity index (χ3v) is 6.14. The number of carbonyl (C=O) groups is 1. The Kier molecular flexibility index (Phi) is 7.91. The van der Waals surface area contributed by atoms with Gasteiger partial charge in [0.1, 0.15) is 18.9 Å². The Hall–Kier alpha value is -2.31. The second-order valence-corrected chi connectivity index (χ2v) is 9.70. The molecule has 0 spiro atoms. The number of H-pyrrole nitrogens is 1. The first-order chi connectivity index (χ1) is 15.6. The van der Waals surface area contributed by atoms with Crippen LogP contribution in [0.1, 0.15) is 44.9 Å². The Labute approximate surface area is 194 Å². The number of carbonyl (C=O) groups excluding carboxylic acids is 1. The van der Waals surface area contributed by atoms with E-state index in [4.69, 9.17) is 24.5 Å². The van der Waals surface area contributed by atoms with E-state index in [-0.39, 0.29) is 19.4 Å². The number of azide groups is 1. The van der Waals surface area contributed by atoms with Gasteiger partial charge in [0.25, 0.3) is 5.56 Å². The summed E-state index contributed by atoms with van der Waals surface area (Å²) in [6.45, 7) is 5.61. The summed E-state index contributed by atoms with van der Waals surface area (Å²) in [5.41, 5.74) is 6.94. The van der Waals surface area contributed by atoms with E-state index < -0.39 is 46.8 Å². The molecule has 5 atom stereocenters. The molecule has 12 nitrogen and oxygen atoms in total. The average molecular weight is 484 g/mol. The monoisotopic (exact) mass is 483 g/mol. The molecule has 0 aliphatic carbocycles. The van der Waals surface area contributed by atoms with Crippen LogP contribution < -0.4 is 11.2 Å². The molecular weight excluding hydrogens is 454 g/mol. The van der Waals surface area contributed by atoms with Gasteiger partial charge >= 0.3 is 11.7 Å². The number of aryl methyl sites for hydroxylation is 1. The molecule has 0 amide bonds. The molecule has 2 aliphatic rings. The lowest BCUT2D eigenvalue weighted by Crippen LogP contribution is -2.34. The first kappa shape index (κ1) is 25.3. The molecule has 2 saturated heterocycles. The summed E-state index contributed by atoms with van der Waals surface area (Å²) >= 11 is 1.57. The minimum absolute atomic E-state index is 0.0339. The fourth-order valence-electron chi connectivity index (χ4n) is 4.18. The molecule has 1 aromatic rings. The van der Waals surface area contributed by atoms with Gasteiger partial charge < -0.3 is 18.9 Å². The van der Waals surface area contributed by atoms with Crippen molar-refractivity contribution >= 4 is 17.7 Å². The van der Waals surface area contributed by atoms with Crippen LogP contribution in [0.4, 0.5) is 0 Å². The molecule has 2 fully saturated rings. The van der Waals surface area contributed by atoms with E-state index >= 15 is 0 Å². The van der Waals surface area contributed by atoms with Crippen molar-refractivity contribution in [3.05, 3.63) is 43.0 Å². The summed E-state index contributed by atoms with van der Waals surface area (Å²) in [6.07, 6.45) is 2.62. The highest BCUT2D eigenvalue weighted by Crippen LogP contribution is 2.38. The highest BCUT2D eigenvalue weighted by Gasteiger charge is 2.46. The van der Waals surface area contributed by atoms with Crippen LogP contribution in [0, 0.1) is 6.92 Å². The lowest BCUT2D eigenvalue weighted by atomic mass is 9.91. The number of esters is 1. The van der Waals surface area contributed by atoms with Gasteiger partial charge in [-0.1, -0.05) is 5.11 Å². The van der Waals surface area contributed by atoms with Crippen LogP contribution in [0.5, 0.6) is 0 Å². The van der Waals surface area contributed by atoms with Crippen LogP contribution >= 0.6 is 11.8 Å². The predicted molar refractivity (Wildman–Crippen MR) is 120 cm³/mol. The fourth-order valence-corrected chi connectivity index (χ4v) is 4.58. The van der Waals surface area contributed by atoms with E-state index in [0.717, 1.165) is 0 Å². The molecule has 0 saturated carbocycles. The molecule has 2 aliphatic heterocycles. The number of aromatic amines is 1. The number of ether oxygens (including phenoxy) is 4. The van der Waals surface area contributed by atoms with Gasteiger partial charge in [-0.2, -0.15) is 0 Å². The van der Waals surface area contributed by atoms with E-state index in [9.17, 15) is 14.4 Å². The van der Waals surface area contributed by atoms with Gasteiger partial charge in [0.05, 0.1) is 36.2 Å². The van der Waals surface area contributed by atoms with E-state index in [1.54, 1.807) is 18.7 Å². The summed E-state index contributed by atoms with van der Waals surface area (Å²) in [5, 5.41) is 3.73. The summed E-state index contributed by atoms with van der Waals surface area (Å²) in [6, 6.07) is -0.645. The number of hydrogen-bond acceptors (Lipinski definition) is 9. The number of nitrogens with zero attached hydrogens (tertiary/aromatic N) is 4. The van der Waals surface area contributed by atoms with Gasteiger partial charge in [-0.3, -0.25) is 19.1 Å². The van der Waals surface area contributed by atoms with Gasteiger partial charge in [0.2, 0.25) is 0 Å². The third kappa shape index (κ3) is 6.18. The average Bonchev–Trinajstić information content (AvgIpc) is 3.28. The maximum atomic E-state index is 12.5. The molecule has 33 heavy (non-hydrogen) atoms. The molecule has 182 valence electrons. The molecule has 1 N–H and O–H groups in total. The summed E-state index contributed by atoms with van der Waals surface area (Å²) in [7, 11) is 0. The SMILES string of the molecule is CSCOC1(C)COC(C)(CC(=O)OC[C@H]2O[C@@H](n3cc(C)c(=O)[nH]c3=O)C[C@@H]2N=[N+]=[N-])C1. The zero-order chi connectivity index (χ0) is 24.2. The van der Waals surface area contributed by atoms with E-state index in [2.05, 4.69) is 15.0 Å². The van der Waals surface area contributed by atoms with Crippen LogP contribution in [0.25, 0.3) is 10.4 Å². The van der Waals surface area contributed by atoms with Crippen LogP contribution in [0.15, 0.2) is 20.9 Å². The second-order valence-electron chi connectivity index (χ2n) is 8.89. The van der Waals surface area contributed by atoms with Crippen LogP contribution in [0.2, 0.25) is 0 Å². The molecule has 0 radical (unpaired) electrons. The zero-order valence-electron chi connectivity index (χ0n) is 19.1. The van der Waals surface area contributed by atoms with Crippen molar-refractivity contribution in [3.63, 3.8) is 0 Å². The lowest BCUT2D eigenvalue weighted by molar-refractivity contribution is -0.154. The topological polar surface area (TPSA) is 158 Å². The molecule has 3 heterocycles. The van der Waals surface area contributed by atoms with Gasteiger partial charge in [-0.05, 0) is 32.6 Å². The molecule has 3 rings (SSSR count). The van der Waals surface area contributed by atoms with E-state index in [0.29, 0.717) is 24.5 Å². The maximum absolute atomic E-state index is 12.5. The van der Waals surface area contributed by atoms with Crippen molar-refractivity contribution in [1.82, 2.24) is 9.55 Å². The molecule has 13 heteroatoms. The minimum atomic E-state index is -0.766. The summed E-state index contributed by atoms with van der Waals surface area (Å²) in [4.78, 5) is 41.4. The standard InChI is InChI=1S/C20H29N5O7S/c1-12-7-25(18(28)22-17(12)27)15-5-13(23-24-21)14(32-15)8-29-16(26)6-19(2)9-20(3,10-30-19)31-11-33-4/h7,13-15H,5-6,8-11H2,1-4H3,(H,22,27,28)/t13-,14+,15+,19?,20?/m0/s1. The van der Waals surface area contributed by atoms with Crippen LogP contribution in [-0.4, -0.2) is 64.3 Å². The van der Waals surface area contributed by atoms with Crippen molar-refractivity contribution < 1.29 is 23.7 Å². The quantitative estimate of drug-likeness (QED) is 0.184. The largest absolute Gasteiger partial charge is 0.463 e. The van der Waals surface area contributed by atoms with Gasteiger partial charge in [-0.15, -0.1) is 11.8 Å². The Morgan fingerprint density at radius 3 is 2.91 bits per heavy atom. The smallest absolute Gasteiger partial charge is 0.330 e. The first-order valence-electron chi connectivity index (χ1n) is 10.5. The lowest BCUT2D eigenvalue weighted by Gasteiger charge is -2.26. The van der Waals surface area contributed by atoms with Crippen LogP contribution in [0.3, 0.4) is 0 Å². The predicted octanol–water partition coefficient (Wildman–Crippen LogP) is 2.02. The Balaban J connectivity index is 1.60. The van der Waals surface area contributed by atoms with Crippen molar-refractivity contribution in [1.29, 1.82) is 0 Å². The molecule has 2 unspecified atom stereocenters. The zero-order valence-corrected chi connectivity index (χ0v) is 19.9. The highest BCUT2D eigenvalue weighted by molar-refractivity contribution is 7.98. The minimum Gasteiger partial charge on any atom is -0.463 e. The van der Waals surface area contributed by atoms with Crippen molar-refractivity contribution in [2.45, 2.75) is 69.6 Å². The number of aromatic nitrogens is 2. The molecular formula is C20H29N5O7S. The van der Waals surface area contributed by atoms with E-state index in [1.807, 2.05) is 20.1 Å². The number of hydrogen-bond donors (Lipinski definition) is 1. The number of nitrogens with one attached hydrogen (secondary N) is 1. The Morgan fingerprint density at radius 2 is 2.21 bits per heavy atom. The van der Waals surface area contributed by atoms with Crippen molar-refractivity contribution in [3.8, 4) is 0 Å². The summed E-state index contributed by atoms with van der Waals surface area (Å²) < 4.78 is 24.2. The van der Waals surface area contributed by atoms with Crippen molar-refractivity contribution in [2.24, 2.45) is 5.11 Å². The Morgan fingerprint density at radius 1 is 1.45 bits per heavy atom. The summed E-state index contributed by atoms with van der Waals surface area (Å²) in [5.74, 6) is 0.0645.